The van der Waals surface area contributed by atoms with Gasteiger partial charge in [-0.15, -0.1) is 0 Å². The molecule has 0 bridgehead atoms. The van der Waals surface area contributed by atoms with Gasteiger partial charge in [-0.1, -0.05) is 36.4 Å². The van der Waals surface area contributed by atoms with Gasteiger partial charge in [-0.3, -0.25) is 4.79 Å². The minimum Gasteiger partial charge on any atom is -0.493 e. The number of hydrogen-bond acceptors (Lipinski definition) is 3. The van der Waals surface area contributed by atoms with Crippen LogP contribution in [0.3, 0.4) is 0 Å². The summed E-state index contributed by atoms with van der Waals surface area (Å²) in [6.45, 7) is 4.41. The van der Waals surface area contributed by atoms with Crippen LogP contribution < -0.4 is 14.4 Å². The molecule has 1 amide bonds. The van der Waals surface area contributed by atoms with E-state index in [9.17, 15) is 4.79 Å². The molecule has 0 spiro atoms. The maximum atomic E-state index is 12.9. The van der Waals surface area contributed by atoms with E-state index in [2.05, 4.69) is 42.5 Å². The Morgan fingerprint density at radius 1 is 0.897 bits per heavy atom. The standard InChI is InChI=1S/C24H26N2O3/c1-28-22-10-9-21(16-23(22)29-2)24(27)26-13-11-25(12-14-26)17-18-7-8-19-5-3-4-6-20(19)15-18/h3-10,15-16H,11-14,17H2,1-2H3/p+1. The Hall–Kier alpha value is -3.05. The average molecular weight is 391 g/mol. The number of carbonyl (C=O) groups excluding carboxylic acids is 1. The van der Waals surface area contributed by atoms with Crippen molar-refractivity contribution in [3.63, 3.8) is 0 Å². The Labute approximate surface area is 171 Å². The number of nitrogens with one attached hydrogen (secondary N) is 1. The van der Waals surface area contributed by atoms with Crippen LogP contribution in [0.4, 0.5) is 0 Å². The van der Waals surface area contributed by atoms with E-state index in [-0.39, 0.29) is 5.91 Å². The van der Waals surface area contributed by atoms with Crippen molar-refractivity contribution in [1.82, 2.24) is 4.90 Å². The second kappa shape index (κ2) is 8.53. The van der Waals surface area contributed by atoms with Crippen molar-refractivity contribution < 1.29 is 19.2 Å². The number of amides is 1. The highest BCUT2D eigenvalue weighted by Gasteiger charge is 2.25. The predicted octanol–water partition coefficient (Wildman–Crippen LogP) is 2.40. The summed E-state index contributed by atoms with van der Waals surface area (Å²) in [5.41, 5.74) is 1.99. The van der Waals surface area contributed by atoms with Crippen LogP contribution in [0.15, 0.2) is 60.7 Å². The molecule has 3 aromatic rings. The van der Waals surface area contributed by atoms with E-state index in [1.165, 1.54) is 21.2 Å². The number of benzene rings is 3. The highest BCUT2D eigenvalue weighted by atomic mass is 16.5. The van der Waals surface area contributed by atoms with Gasteiger partial charge in [0.15, 0.2) is 11.5 Å². The van der Waals surface area contributed by atoms with Crippen LogP contribution in [0.2, 0.25) is 0 Å². The molecule has 0 aliphatic carbocycles. The fourth-order valence-electron chi connectivity index (χ4n) is 3.99. The van der Waals surface area contributed by atoms with E-state index in [0.717, 1.165) is 32.7 Å². The van der Waals surface area contributed by atoms with Crippen LogP contribution in [0.5, 0.6) is 11.5 Å². The summed E-state index contributed by atoms with van der Waals surface area (Å²) in [6.07, 6.45) is 0. The second-order valence-corrected chi connectivity index (χ2v) is 7.47. The van der Waals surface area contributed by atoms with Crippen LogP contribution in [-0.4, -0.2) is 51.2 Å². The molecule has 0 saturated carbocycles. The molecule has 5 heteroatoms. The van der Waals surface area contributed by atoms with Crippen LogP contribution in [0.1, 0.15) is 15.9 Å². The number of piperazine rings is 1. The largest absolute Gasteiger partial charge is 0.493 e. The smallest absolute Gasteiger partial charge is 0.254 e. The van der Waals surface area contributed by atoms with Gasteiger partial charge in [0.1, 0.15) is 6.54 Å². The van der Waals surface area contributed by atoms with E-state index in [0.29, 0.717) is 17.1 Å². The number of methoxy groups -OCH3 is 2. The number of carbonyl (C=O) groups is 1. The van der Waals surface area contributed by atoms with Crippen molar-refractivity contribution in [2.75, 3.05) is 40.4 Å². The number of ether oxygens (including phenoxy) is 2. The van der Waals surface area contributed by atoms with E-state index < -0.39 is 0 Å². The van der Waals surface area contributed by atoms with Gasteiger partial charge >= 0.3 is 0 Å². The molecule has 0 unspecified atom stereocenters. The van der Waals surface area contributed by atoms with Crippen LogP contribution in [0, 0.1) is 0 Å². The Morgan fingerprint density at radius 2 is 1.62 bits per heavy atom. The van der Waals surface area contributed by atoms with E-state index in [1.807, 2.05) is 4.90 Å². The summed E-state index contributed by atoms with van der Waals surface area (Å²) in [5.74, 6) is 1.27. The summed E-state index contributed by atoms with van der Waals surface area (Å²) in [6, 6.07) is 20.5. The SMILES string of the molecule is COc1ccc(C(=O)N2CC[NH+](Cc3ccc4ccccc4c3)CC2)cc1OC. The molecule has 1 N–H and O–H groups in total. The quantitative estimate of drug-likeness (QED) is 0.726. The minimum absolute atomic E-state index is 0.0516. The van der Waals surface area contributed by atoms with Crippen molar-refractivity contribution in [2.24, 2.45) is 0 Å². The first-order valence-electron chi connectivity index (χ1n) is 10.0. The van der Waals surface area contributed by atoms with Crippen molar-refractivity contribution in [3.05, 3.63) is 71.8 Å². The van der Waals surface area contributed by atoms with Crippen LogP contribution in [0.25, 0.3) is 10.8 Å². The van der Waals surface area contributed by atoms with Gasteiger partial charge in [-0.05, 0) is 35.0 Å². The molecule has 1 heterocycles. The zero-order valence-corrected chi connectivity index (χ0v) is 17.0. The number of nitrogens with zero attached hydrogens (tertiary/aromatic N) is 1. The molecule has 29 heavy (non-hydrogen) atoms. The summed E-state index contributed by atoms with van der Waals surface area (Å²) >= 11 is 0. The van der Waals surface area contributed by atoms with E-state index >= 15 is 0 Å². The molecule has 4 rings (SSSR count). The Morgan fingerprint density at radius 3 is 2.34 bits per heavy atom. The van der Waals surface area contributed by atoms with E-state index in [1.54, 1.807) is 32.4 Å². The fourth-order valence-corrected chi connectivity index (χ4v) is 3.99. The first-order valence-corrected chi connectivity index (χ1v) is 10.0. The molecule has 5 nitrogen and oxygen atoms in total. The van der Waals surface area contributed by atoms with Crippen molar-refractivity contribution in [2.45, 2.75) is 6.54 Å². The second-order valence-electron chi connectivity index (χ2n) is 7.47. The molecule has 1 fully saturated rings. The molecule has 1 saturated heterocycles. The van der Waals surface area contributed by atoms with Gasteiger partial charge in [0.05, 0.1) is 40.4 Å². The number of hydrogen-bond donors (Lipinski definition) is 1. The summed E-state index contributed by atoms with van der Waals surface area (Å²) in [5, 5.41) is 2.56. The Bertz CT molecular complexity index is 1010. The fraction of sp³-hybridized carbons (Fsp3) is 0.292. The maximum Gasteiger partial charge on any atom is 0.254 e. The first kappa shape index (κ1) is 19.3. The topological polar surface area (TPSA) is 43.2 Å². The molecule has 0 radical (unpaired) electrons. The Kier molecular flexibility index (Phi) is 5.67. The average Bonchev–Trinajstić information content (AvgIpc) is 2.78. The van der Waals surface area contributed by atoms with Gasteiger partial charge in [-0.25, -0.2) is 0 Å². The maximum absolute atomic E-state index is 12.9. The lowest BCUT2D eigenvalue weighted by atomic mass is 10.1. The number of fused-ring (bicyclic) bond motifs is 1. The molecule has 150 valence electrons. The highest BCUT2D eigenvalue weighted by Crippen LogP contribution is 2.28. The summed E-state index contributed by atoms with van der Waals surface area (Å²) < 4.78 is 10.6. The normalized spacial score (nSPS) is 14.8. The lowest BCUT2D eigenvalue weighted by Gasteiger charge is -2.32. The lowest BCUT2D eigenvalue weighted by molar-refractivity contribution is -0.917. The van der Waals surface area contributed by atoms with E-state index in [4.69, 9.17) is 9.47 Å². The summed E-state index contributed by atoms with van der Waals surface area (Å²) in [4.78, 5) is 16.3. The number of quaternary nitrogens is 1. The molecular weight excluding hydrogens is 364 g/mol. The first-order chi connectivity index (χ1) is 14.2. The molecule has 3 aromatic carbocycles. The molecule has 0 aromatic heterocycles. The van der Waals surface area contributed by atoms with Gasteiger partial charge in [0, 0.05) is 11.1 Å². The zero-order chi connectivity index (χ0) is 20.2. The van der Waals surface area contributed by atoms with Crippen LogP contribution in [-0.2, 0) is 6.54 Å². The highest BCUT2D eigenvalue weighted by molar-refractivity contribution is 5.95. The van der Waals surface area contributed by atoms with Gasteiger partial charge in [0.25, 0.3) is 5.91 Å². The van der Waals surface area contributed by atoms with Crippen molar-refractivity contribution in [3.8, 4) is 11.5 Å². The molecule has 0 atom stereocenters. The zero-order valence-electron chi connectivity index (χ0n) is 17.0. The lowest BCUT2D eigenvalue weighted by Crippen LogP contribution is -3.13. The van der Waals surface area contributed by atoms with Gasteiger partial charge < -0.3 is 19.3 Å². The third kappa shape index (κ3) is 4.20. The minimum atomic E-state index is 0.0516. The van der Waals surface area contributed by atoms with Gasteiger partial charge in [-0.2, -0.15) is 0 Å². The number of rotatable bonds is 5. The molecule has 1 aliphatic rings. The summed E-state index contributed by atoms with van der Waals surface area (Å²) in [7, 11) is 3.18. The monoisotopic (exact) mass is 391 g/mol. The van der Waals surface area contributed by atoms with Crippen molar-refractivity contribution in [1.29, 1.82) is 0 Å². The Balaban J connectivity index is 1.38. The van der Waals surface area contributed by atoms with Gasteiger partial charge in [0.2, 0.25) is 0 Å². The third-order valence-corrected chi connectivity index (χ3v) is 5.66. The third-order valence-electron chi connectivity index (χ3n) is 5.66. The predicted molar refractivity (Wildman–Crippen MR) is 114 cm³/mol. The van der Waals surface area contributed by atoms with Crippen LogP contribution >= 0.6 is 0 Å². The molecular formula is C24H27N2O3+. The molecule has 1 aliphatic heterocycles. The van der Waals surface area contributed by atoms with Crippen molar-refractivity contribution >= 4 is 16.7 Å².